The lowest BCUT2D eigenvalue weighted by atomic mass is 10.1. The molecule has 1 aliphatic rings. The molecule has 1 fully saturated rings. The molecule has 1 aliphatic heterocycles. The van der Waals surface area contributed by atoms with Crippen LogP contribution in [0.25, 0.3) is 0 Å². The zero-order valence-electron chi connectivity index (χ0n) is 15.6. The molecule has 0 aromatic heterocycles. The first-order valence-electron chi connectivity index (χ1n) is 9.14. The number of thioether (sulfide) groups is 1. The van der Waals surface area contributed by atoms with Crippen molar-refractivity contribution in [2.45, 2.75) is 6.92 Å². The van der Waals surface area contributed by atoms with Crippen LogP contribution in [0.4, 0.5) is 11.4 Å². The Morgan fingerprint density at radius 1 is 0.929 bits per heavy atom. The summed E-state index contributed by atoms with van der Waals surface area (Å²) in [6, 6.07) is 28.0. The zero-order chi connectivity index (χ0) is 19.3. The number of nitrogens with zero attached hydrogens (tertiary/aromatic N) is 2. The van der Waals surface area contributed by atoms with Crippen LogP contribution in [0.2, 0.25) is 0 Å². The predicted molar refractivity (Wildman–Crippen MR) is 118 cm³/mol. The largest absolute Gasteiger partial charge is 0.274 e. The van der Waals surface area contributed by atoms with Gasteiger partial charge in [-0.3, -0.25) is 9.69 Å². The minimum atomic E-state index is 0.0883. The first-order chi connectivity index (χ1) is 13.7. The number of para-hydroxylation sites is 2. The highest BCUT2D eigenvalue weighted by Crippen LogP contribution is 2.34. The SMILES string of the molecule is Cc1ccc(C(/C=C2\SCC(=O)N2c2ccccc2)=Nc2ccccc2)cc1. The van der Waals surface area contributed by atoms with E-state index in [4.69, 9.17) is 4.99 Å². The minimum absolute atomic E-state index is 0.0883. The molecule has 4 rings (SSSR count). The van der Waals surface area contributed by atoms with Crippen molar-refractivity contribution < 1.29 is 4.79 Å². The molecule has 3 aromatic carbocycles. The number of aliphatic imine (C=N–C) groups is 1. The Morgan fingerprint density at radius 3 is 2.25 bits per heavy atom. The molecular weight excluding hydrogens is 364 g/mol. The topological polar surface area (TPSA) is 32.7 Å². The molecule has 0 N–H and O–H groups in total. The number of amides is 1. The van der Waals surface area contributed by atoms with E-state index in [0.29, 0.717) is 5.75 Å². The van der Waals surface area contributed by atoms with Gasteiger partial charge in [-0.05, 0) is 37.3 Å². The van der Waals surface area contributed by atoms with Crippen LogP contribution in [0.1, 0.15) is 11.1 Å². The van der Waals surface area contributed by atoms with Gasteiger partial charge in [0, 0.05) is 11.3 Å². The molecule has 0 saturated carbocycles. The number of aryl methyl sites for hydroxylation is 1. The summed E-state index contributed by atoms with van der Waals surface area (Å²) in [6.45, 7) is 2.07. The summed E-state index contributed by atoms with van der Waals surface area (Å²) < 4.78 is 0. The number of hydrogen-bond acceptors (Lipinski definition) is 3. The molecule has 1 heterocycles. The third-order valence-corrected chi connectivity index (χ3v) is 5.43. The van der Waals surface area contributed by atoms with Gasteiger partial charge in [0.1, 0.15) is 0 Å². The van der Waals surface area contributed by atoms with Gasteiger partial charge < -0.3 is 0 Å². The van der Waals surface area contributed by atoms with E-state index < -0.39 is 0 Å². The molecule has 3 nitrogen and oxygen atoms in total. The molecule has 0 spiro atoms. The summed E-state index contributed by atoms with van der Waals surface area (Å²) >= 11 is 1.55. The van der Waals surface area contributed by atoms with Crippen molar-refractivity contribution in [3.05, 3.63) is 107 Å². The Balaban J connectivity index is 1.79. The van der Waals surface area contributed by atoms with Crippen LogP contribution in [-0.4, -0.2) is 17.4 Å². The first-order valence-corrected chi connectivity index (χ1v) is 10.1. The summed E-state index contributed by atoms with van der Waals surface area (Å²) in [5.41, 5.74) is 4.83. The number of hydrogen-bond donors (Lipinski definition) is 0. The maximum absolute atomic E-state index is 12.5. The van der Waals surface area contributed by atoms with Gasteiger partial charge in [0.25, 0.3) is 0 Å². The third-order valence-electron chi connectivity index (χ3n) is 4.44. The van der Waals surface area contributed by atoms with Crippen molar-refractivity contribution in [3.63, 3.8) is 0 Å². The quantitative estimate of drug-likeness (QED) is 0.538. The number of anilines is 1. The number of benzene rings is 3. The number of rotatable bonds is 4. The minimum Gasteiger partial charge on any atom is -0.274 e. The fraction of sp³-hybridized carbons (Fsp3) is 0.0833. The van der Waals surface area contributed by atoms with Crippen molar-refractivity contribution in [1.82, 2.24) is 0 Å². The molecule has 0 atom stereocenters. The summed E-state index contributed by atoms with van der Waals surface area (Å²) in [4.78, 5) is 19.2. The Morgan fingerprint density at radius 2 is 1.57 bits per heavy atom. The highest BCUT2D eigenvalue weighted by molar-refractivity contribution is 8.04. The molecule has 138 valence electrons. The normalized spacial score (nSPS) is 16.0. The fourth-order valence-electron chi connectivity index (χ4n) is 3.01. The van der Waals surface area contributed by atoms with Crippen LogP contribution in [0.5, 0.6) is 0 Å². The van der Waals surface area contributed by atoms with Crippen LogP contribution < -0.4 is 4.90 Å². The lowest BCUT2D eigenvalue weighted by Gasteiger charge is -2.17. The van der Waals surface area contributed by atoms with Crippen LogP contribution in [-0.2, 0) is 4.79 Å². The maximum Gasteiger partial charge on any atom is 0.242 e. The predicted octanol–water partition coefficient (Wildman–Crippen LogP) is 5.74. The van der Waals surface area contributed by atoms with Gasteiger partial charge in [-0.1, -0.05) is 78.0 Å². The second kappa shape index (κ2) is 8.28. The summed E-state index contributed by atoms with van der Waals surface area (Å²) in [5.74, 6) is 0.526. The van der Waals surface area contributed by atoms with Gasteiger partial charge in [0.2, 0.25) is 5.91 Å². The van der Waals surface area contributed by atoms with Crippen LogP contribution in [0.3, 0.4) is 0 Å². The van der Waals surface area contributed by atoms with Gasteiger partial charge in [0.15, 0.2) is 0 Å². The van der Waals surface area contributed by atoms with Gasteiger partial charge >= 0.3 is 0 Å². The van der Waals surface area contributed by atoms with Crippen LogP contribution in [0, 0.1) is 6.92 Å². The molecule has 0 aliphatic carbocycles. The van der Waals surface area contributed by atoms with Crippen molar-refractivity contribution in [2.75, 3.05) is 10.7 Å². The van der Waals surface area contributed by atoms with Crippen LogP contribution in [0.15, 0.2) is 101 Å². The molecule has 0 radical (unpaired) electrons. The molecule has 28 heavy (non-hydrogen) atoms. The van der Waals surface area contributed by atoms with Gasteiger partial charge in [-0.25, -0.2) is 4.99 Å². The summed E-state index contributed by atoms with van der Waals surface area (Å²) in [7, 11) is 0. The van der Waals surface area contributed by atoms with E-state index in [9.17, 15) is 4.79 Å². The van der Waals surface area contributed by atoms with E-state index in [-0.39, 0.29) is 5.91 Å². The third kappa shape index (κ3) is 4.07. The second-order valence-corrected chi connectivity index (χ2v) is 7.53. The van der Waals surface area contributed by atoms with E-state index in [1.165, 1.54) is 5.56 Å². The number of allylic oxidation sites excluding steroid dienone is 1. The Bertz CT molecular complexity index is 1030. The first kappa shape index (κ1) is 18.3. The van der Waals surface area contributed by atoms with Gasteiger partial charge in [-0.2, -0.15) is 0 Å². The average molecular weight is 385 g/mol. The maximum atomic E-state index is 12.5. The Hall–Kier alpha value is -3.11. The Labute approximate surface area is 169 Å². The molecule has 0 unspecified atom stereocenters. The Kier molecular flexibility index (Phi) is 5.40. The van der Waals surface area contributed by atoms with Crippen molar-refractivity contribution in [3.8, 4) is 0 Å². The van der Waals surface area contributed by atoms with E-state index in [2.05, 4.69) is 31.2 Å². The number of carbonyl (C=O) groups is 1. The summed E-state index contributed by atoms with van der Waals surface area (Å²) in [6.07, 6.45) is 2.01. The van der Waals surface area contributed by atoms with Gasteiger partial charge in [-0.15, -0.1) is 0 Å². The molecule has 0 bridgehead atoms. The average Bonchev–Trinajstić information content (AvgIpc) is 3.09. The molecule has 4 heteroatoms. The van der Waals surface area contributed by atoms with Crippen molar-refractivity contribution >= 4 is 34.8 Å². The lowest BCUT2D eigenvalue weighted by Crippen LogP contribution is -2.24. The summed E-state index contributed by atoms with van der Waals surface area (Å²) in [5, 5.41) is 0.895. The molecule has 1 amide bonds. The molecular formula is C24H20N2OS. The zero-order valence-corrected chi connectivity index (χ0v) is 16.4. The van der Waals surface area contributed by atoms with E-state index in [1.807, 2.05) is 66.7 Å². The monoisotopic (exact) mass is 384 g/mol. The van der Waals surface area contributed by atoms with E-state index >= 15 is 0 Å². The van der Waals surface area contributed by atoms with Crippen LogP contribution >= 0.6 is 11.8 Å². The molecule has 1 saturated heterocycles. The number of carbonyl (C=O) groups excluding carboxylic acids is 1. The van der Waals surface area contributed by atoms with E-state index in [1.54, 1.807) is 16.7 Å². The smallest absolute Gasteiger partial charge is 0.242 e. The van der Waals surface area contributed by atoms with E-state index in [0.717, 1.165) is 27.7 Å². The standard InChI is InChI=1S/C24H20N2OS/c1-18-12-14-19(15-13-18)22(25-20-8-4-2-5-9-20)16-24-26(23(27)17-28-24)21-10-6-3-7-11-21/h2-16H,17H2,1H3/b24-16-,25-22?. The lowest BCUT2D eigenvalue weighted by molar-refractivity contribution is -0.115. The van der Waals surface area contributed by atoms with Gasteiger partial charge in [0.05, 0.1) is 22.2 Å². The highest BCUT2D eigenvalue weighted by Gasteiger charge is 2.28. The van der Waals surface area contributed by atoms with Crippen molar-refractivity contribution in [1.29, 1.82) is 0 Å². The highest BCUT2D eigenvalue weighted by atomic mass is 32.2. The fourth-order valence-corrected chi connectivity index (χ4v) is 3.94. The molecule has 3 aromatic rings. The van der Waals surface area contributed by atoms with Crippen molar-refractivity contribution in [2.24, 2.45) is 4.99 Å². The second-order valence-electron chi connectivity index (χ2n) is 6.53.